The van der Waals surface area contributed by atoms with E-state index in [1.54, 1.807) is 12.3 Å². The van der Waals surface area contributed by atoms with E-state index in [0.717, 1.165) is 5.56 Å². The average molecular weight is 404 g/mol. The number of carbonyl (C=O) groups excluding carboxylic acids is 1. The van der Waals surface area contributed by atoms with E-state index in [9.17, 15) is 18.0 Å². The van der Waals surface area contributed by atoms with Crippen molar-refractivity contribution in [3.05, 3.63) is 60.6 Å². The van der Waals surface area contributed by atoms with Crippen molar-refractivity contribution in [3.8, 4) is 17.0 Å². The molecule has 3 aromatic rings. The molecular formula is C20H19F3N4O2. The lowest BCUT2D eigenvalue weighted by molar-refractivity contribution is -0.153. The molecule has 2 heterocycles. The highest BCUT2D eigenvalue weighted by Crippen LogP contribution is 2.22. The van der Waals surface area contributed by atoms with Crippen molar-refractivity contribution in [1.82, 2.24) is 20.0 Å². The van der Waals surface area contributed by atoms with Crippen molar-refractivity contribution >= 4 is 5.78 Å². The minimum atomic E-state index is -4.40. The van der Waals surface area contributed by atoms with Crippen molar-refractivity contribution in [2.75, 3.05) is 6.61 Å². The van der Waals surface area contributed by atoms with Crippen molar-refractivity contribution in [1.29, 1.82) is 0 Å². The summed E-state index contributed by atoms with van der Waals surface area (Å²) in [5, 5.41) is 8.06. The maximum Gasteiger partial charge on any atom is 0.422 e. The van der Waals surface area contributed by atoms with Crippen LogP contribution in [0, 0.1) is 0 Å². The first kappa shape index (κ1) is 20.5. The summed E-state index contributed by atoms with van der Waals surface area (Å²) in [6.07, 6.45) is -1.25. The molecule has 0 spiro atoms. The molecule has 2 aromatic heterocycles. The topological polar surface area (TPSA) is 69.9 Å². The highest BCUT2D eigenvalue weighted by molar-refractivity contribution is 5.79. The highest BCUT2D eigenvalue weighted by Gasteiger charge is 2.28. The first-order valence-electron chi connectivity index (χ1n) is 8.93. The molecule has 0 radical (unpaired) electrons. The predicted octanol–water partition coefficient (Wildman–Crippen LogP) is 4.04. The highest BCUT2D eigenvalue weighted by atomic mass is 19.4. The number of ether oxygens (including phenoxy) is 1. The van der Waals surface area contributed by atoms with E-state index in [4.69, 9.17) is 0 Å². The van der Waals surface area contributed by atoms with Crippen molar-refractivity contribution in [2.45, 2.75) is 32.0 Å². The van der Waals surface area contributed by atoms with Crippen molar-refractivity contribution in [3.63, 3.8) is 0 Å². The van der Waals surface area contributed by atoms with Crippen LogP contribution < -0.4 is 4.74 Å². The molecule has 0 fully saturated rings. The summed E-state index contributed by atoms with van der Waals surface area (Å²) in [7, 11) is 0. The average Bonchev–Trinajstić information content (AvgIpc) is 3.15. The predicted molar refractivity (Wildman–Crippen MR) is 99.3 cm³/mol. The lowest BCUT2D eigenvalue weighted by Crippen LogP contribution is -2.19. The van der Waals surface area contributed by atoms with Crippen LogP contribution in [0.4, 0.5) is 13.2 Å². The zero-order chi connectivity index (χ0) is 20.9. The van der Waals surface area contributed by atoms with Gasteiger partial charge in [-0.2, -0.15) is 13.2 Å². The number of pyridine rings is 1. The third-order valence-electron chi connectivity index (χ3n) is 4.15. The maximum absolute atomic E-state index is 12.4. The molecule has 3 rings (SSSR count). The van der Waals surface area contributed by atoms with Crippen molar-refractivity contribution < 1.29 is 22.7 Å². The largest absolute Gasteiger partial charge is 0.483 e. The van der Waals surface area contributed by atoms with Gasteiger partial charge in [0.2, 0.25) is 0 Å². The normalized spacial score (nSPS) is 12.6. The number of hydrogen-bond acceptors (Lipinski definition) is 5. The summed E-state index contributed by atoms with van der Waals surface area (Å²) in [6, 6.07) is 12.5. The lowest BCUT2D eigenvalue weighted by atomic mass is 10.0. The Hall–Kier alpha value is -3.23. The molecule has 29 heavy (non-hydrogen) atoms. The Kier molecular flexibility index (Phi) is 6.26. The van der Waals surface area contributed by atoms with E-state index < -0.39 is 12.8 Å². The molecule has 9 heteroatoms. The summed E-state index contributed by atoms with van der Waals surface area (Å²) >= 11 is 0. The summed E-state index contributed by atoms with van der Waals surface area (Å²) in [4.78, 5) is 16.5. The van der Waals surface area contributed by atoms with Gasteiger partial charge in [0.15, 0.2) is 12.4 Å². The van der Waals surface area contributed by atoms with Crippen LogP contribution in [0.2, 0.25) is 0 Å². The molecule has 0 unspecified atom stereocenters. The Morgan fingerprint density at radius 2 is 1.93 bits per heavy atom. The molecule has 152 valence electrons. The second-order valence-corrected chi connectivity index (χ2v) is 6.63. The van der Waals surface area contributed by atoms with Gasteiger partial charge < -0.3 is 4.74 Å². The molecule has 0 amide bonds. The Morgan fingerprint density at radius 3 is 2.59 bits per heavy atom. The quantitative estimate of drug-likeness (QED) is 0.567. The van der Waals surface area contributed by atoms with Gasteiger partial charge in [-0.15, -0.1) is 5.10 Å². The number of halogens is 3. The molecular weight excluding hydrogens is 385 g/mol. The fraction of sp³-hybridized carbons (Fsp3) is 0.300. The Labute approximate surface area is 165 Å². The van der Waals surface area contributed by atoms with Crippen molar-refractivity contribution in [2.24, 2.45) is 0 Å². The van der Waals surface area contributed by atoms with Gasteiger partial charge in [0.1, 0.15) is 18.0 Å². The number of hydrogen-bond donors (Lipinski definition) is 0. The van der Waals surface area contributed by atoms with Crippen LogP contribution in [0.5, 0.6) is 5.75 Å². The van der Waals surface area contributed by atoms with Crippen LogP contribution >= 0.6 is 0 Å². The SMILES string of the molecule is C[C@@H](CC(=O)Cn1cc(-c2ccccc2)nn1)c1ccc(OCC(F)(F)F)cn1. The molecule has 0 bridgehead atoms. The molecule has 0 aliphatic carbocycles. The van der Waals surface area contributed by atoms with Crippen LogP contribution in [0.15, 0.2) is 54.9 Å². The number of aromatic nitrogens is 4. The Morgan fingerprint density at radius 1 is 1.17 bits per heavy atom. The number of alkyl halides is 3. The standard InChI is InChI=1S/C20H19F3N4O2/c1-14(18-8-7-17(10-24-18)29-13-20(21,22)23)9-16(28)11-27-12-19(25-26-27)15-5-3-2-4-6-15/h2-8,10,12,14H,9,11,13H2,1H3/t14-/m0/s1. The summed E-state index contributed by atoms with van der Waals surface area (Å²) < 4.78 is 42.6. The van der Waals surface area contributed by atoms with E-state index >= 15 is 0 Å². The van der Waals surface area contributed by atoms with E-state index in [1.807, 2.05) is 37.3 Å². The zero-order valence-electron chi connectivity index (χ0n) is 15.6. The first-order chi connectivity index (χ1) is 13.8. The molecule has 0 aliphatic heterocycles. The Bertz CT molecular complexity index is 940. The van der Waals surface area contributed by atoms with Gasteiger partial charge in [0.25, 0.3) is 0 Å². The minimum Gasteiger partial charge on any atom is -0.483 e. The number of ketones is 1. The second kappa shape index (κ2) is 8.85. The number of carbonyl (C=O) groups is 1. The van der Waals surface area contributed by atoms with Gasteiger partial charge in [-0.05, 0) is 12.1 Å². The number of rotatable bonds is 8. The van der Waals surface area contributed by atoms with Crippen LogP contribution in [0.1, 0.15) is 25.0 Å². The third kappa shape index (κ3) is 6.13. The molecule has 1 atom stereocenters. The fourth-order valence-electron chi connectivity index (χ4n) is 2.74. The smallest absolute Gasteiger partial charge is 0.422 e. The summed E-state index contributed by atoms with van der Waals surface area (Å²) in [6.45, 7) is 0.537. The molecule has 0 N–H and O–H groups in total. The van der Waals surface area contributed by atoms with Gasteiger partial charge in [0.05, 0.1) is 12.4 Å². The summed E-state index contributed by atoms with van der Waals surface area (Å²) in [5.74, 6) is -0.224. The Balaban J connectivity index is 1.53. The van der Waals surface area contributed by atoms with Gasteiger partial charge in [-0.3, -0.25) is 9.78 Å². The number of benzene rings is 1. The van der Waals surface area contributed by atoms with E-state index in [1.165, 1.54) is 16.9 Å². The van der Waals surface area contributed by atoms with Crippen LogP contribution in [0.25, 0.3) is 11.3 Å². The van der Waals surface area contributed by atoms with Gasteiger partial charge >= 0.3 is 6.18 Å². The summed E-state index contributed by atoms with van der Waals surface area (Å²) in [5.41, 5.74) is 2.19. The molecule has 0 saturated heterocycles. The van der Waals surface area contributed by atoms with E-state index in [-0.39, 0.29) is 30.4 Å². The third-order valence-corrected chi connectivity index (χ3v) is 4.15. The van der Waals surface area contributed by atoms with Gasteiger partial charge in [-0.25, -0.2) is 4.68 Å². The van der Waals surface area contributed by atoms with Gasteiger partial charge in [0, 0.05) is 23.6 Å². The van der Waals surface area contributed by atoms with Crippen LogP contribution in [-0.2, 0) is 11.3 Å². The molecule has 1 aromatic carbocycles. The lowest BCUT2D eigenvalue weighted by Gasteiger charge is -2.12. The zero-order valence-corrected chi connectivity index (χ0v) is 15.6. The maximum atomic E-state index is 12.4. The number of nitrogens with zero attached hydrogens (tertiary/aromatic N) is 4. The van der Waals surface area contributed by atoms with Gasteiger partial charge in [-0.1, -0.05) is 42.5 Å². The van der Waals surface area contributed by atoms with E-state index in [0.29, 0.717) is 11.4 Å². The molecule has 6 nitrogen and oxygen atoms in total. The monoisotopic (exact) mass is 404 g/mol. The second-order valence-electron chi connectivity index (χ2n) is 6.63. The van der Waals surface area contributed by atoms with Crippen LogP contribution in [0.3, 0.4) is 0 Å². The van der Waals surface area contributed by atoms with Crippen LogP contribution in [-0.4, -0.2) is 38.5 Å². The molecule has 0 aliphatic rings. The fourth-order valence-corrected chi connectivity index (χ4v) is 2.74. The number of Topliss-reactive ketones (excluding diaryl/α,β-unsaturated/α-hetero) is 1. The minimum absolute atomic E-state index is 0.0284. The van der Waals surface area contributed by atoms with E-state index in [2.05, 4.69) is 20.0 Å². The molecule has 0 saturated carbocycles. The first-order valence-corrected chi connectivity index (χ1v) is 8.93.